The second kappa shape index (κ2) is 7.71. The van der Waals surface area contributed by atoms with Crippen LogP contribution in [-0.2, 0) is 6.54 Å². The van der Waals surface area contributed by atoms with Gasteiger partial charge in [-0.3, -0.25) is 9.36 Å². The van der Waals surface area contributed by atoms with Crippen LogP contribution in [-0.4, -0.2) is 25.2 Å². The first-order valence-electron chi connectivity index (χ1n) is 9.21. The number of aryl methyl sites for hydroxylation is 1. The molecule has 0 aliphatic heterocycles. The third-order valence-corrected chi connectivity index (χ3v) is 4.84. The van der Waals surface area contributed by atoms with Crippen LogP contribution in [0.15, 0.2) is 67.1 Å². The molecule has 4 rings (SSSR count). The smallest absolute Gasteiger partial charge is 0.270 e. The van der Waals surface area contributed by atoms with E-state index in [2.05, 4.69) is 15.4 Å². The third-order valence-electron chi connectivity index (χ3n) is 4.84. The van der Waals surface area contributed by atoms with E-state index in [1.807, 2.05) is 48.9 Å². The normalized spacial score (nSPS) is 10.9. The van der Waals surface area contributed by atoms with Gasteiger partial charge in [0.05, 0.1) is 23.9 Å². The lowest BCUT2D eigenvalue weighted by atomic mass is 10.2. The van der Waals surface area contributed by atoms with Gasteiger partial charge in [0.25, 0.3) is 5.91 Å². The molecule has 1 amide bonds. The van der Waals surface area contributed by atoms with Crippen molar-refractivity contribution in [3.05, 3.63) is 95.6 Å². The van der Waals surface area contributed by atoms with Crippen LogP contribution in [0.5, 0.6) is 0 Å². The lowest BCUT2D eigenvalue weighted by molar-refractivity contribution is 0.0944. The minimum Gasteiger partial charge on any atom is -0.346 e. The van der Waals surface area contributed by atoms with Crippen molar-refractivity contribution in [3.8, 4) is 11.4 Å². The molecule has 0 aliphatic rings. The summed E-state index contributed by atoms with van der Waals surface area (Å²) in [6, 6.07) is 15.8. The zero-order valence-corrected chi connectivity index (χ0v) is 16.1. The van der Waals surface area contributed by atoms with E-state index in [4.69, 9.17) is 0 Å². The van der Waals surface area contributed by atoms with Crippen LogP contribution in [0.25, 0.3) is 11.4 Å². The minimum absolute atomic E-state index is 0.266. The van der Waals surface area contributed by atoms with Crippen molar-refractivity contribution in [1.29, 1.82) is 0 Å². The molecule has 0 bridgehead atoms. The number of hydrogen-bond donors (Lipinski definition) is 1. The predicted octanol–water partition coefficient (Wildman–Crippen LogP) is 3.74. The minimum atomic E-state index is -0.332. The van der Waals surface area contributed by atoms with E-state index in [1.165, 1.54) is 24.7 Å². The standard InChI is InChI=1S/C22H20FN5O/c1-15-20(16(2)28(26-15)19-6-4-3-5-7-19)12-25-22(29)21-13-24-14-27(21)18-10-8-17(23)9-11-18/h3-11,13-14H,12H2,1-2H3,(H,25,29). The number of nitrogens with one attached hydrogen (secondary N) is 1. The Labute approximate surface area is 167 Å². The number of para-hydroxylation sites is 1. The van der Waals surface area contributed by atoms with Gasteiger partial charge in [0.15, 0.2) is 0 Å². The van der Waals surface area contributed by atoms with E-state index in [0.717, 1.165) is 22.6 Å². The topological polar surface area (TPSA) is 64.7 Å². The van der Waals surface area contributed by atoms with Gasteiger partial charge < -0.3 is 5.32 Å². The van der Waals surface area contributed by atoms with E-state index in [0.29, 0.717) is 17.9 Å². The van der Waals surface area contributed by atoms with E-state index < -0.39 is 0 Å². The SMILES string of the molecule is Cc1nn(-c2ccccc2)c(C)c1CNC(=O)c1cncn1-c1ccc(F)cc1. The monoisotopic (exact) mass is 389 g/mol. The predicted molar refractivity (Wildman–Crippen MR) is 108 cm³/mol. The molecule has 0 radical (unpaired) electrons. The maximum atomic E-state index is 13.2. The first kappa shape index (κ1) is 18.6. The number of carbonyl (C=O) groups is 1. The fourth-order valence-electron chi connectivity index (χ4n) is 3.28. The van der Waals surface area contributed by atoms with E-state index in [1.54, 1.807) is 16.7 Å². The molecule has 2 aromatic carbocycles. The fraction of sp³-hybridized carbons (Fsp3) is 0.136. The molecular weight excluding hydrogens is 369 g/mol. The van der Waals surface area contributed by atoms with Gasteiger partial charge >= 0.3 is 0 Å². The zero-order valence-electron chi connectivity index (χ0n) is 16.1. The number of aromatic nitrogens is 4. The fourth-order valence-corrected chi connectivity index (χ4v) is 3.28. The van der Waals surface area contributed by atoms with E-state index in [-0.39, 0.29) is 11.7 Å². The Morgan fingerprint density at radius 2 is 1.76 bits per heavy atom. The van der Waals surface area contributed by atoms with Gasteiger partial charge in [0, 0.05) is 23.5 Å². The molecule has 0 unspecified atom stereocenters. The Bertz CT molecular complexity index is 1150. The van der Waals surface area contributed by atoms with Crippen molar-refractivity contribution in [3.63, 3.8) is 0 Å². The zero-order chi connectivity index (χ0) is 20.4. The first-order valence-corrected chi connectivity index (χ1v) is 9.21. The van der Waals surface area contributed by atoms with Crippen LogP contribution in [0.4, 0.5) is 4.39 Å². The number of imidazole rings is 1. The van der Waals surface area contributed by atoms with Crippen molar-refractivity contribution in [2.45, 2.75) is 20.4 Å². The highest BCUT2D eigenvalue weighted by atomic mass is 19.1. The molecule has 2 aromatic heterocycles. The van der Waals surface area contributed by atoms with E-state index >= 15 is 0 Å². The molecule has 0 atom stereocenters. The number of rotatable bonds is 5. The van der Waals surface area contributed by atoms with Crippen LogP contribution in [0.2, 0.25) is 0 Å². The number of benzene rings is 2. The Hall–Kier alpha value is -3.74. The van der Waals surface area contributed by atoms with Crippen molar-refractivity contribution in [2.75, 3.05) is 0 Å². The molecule has 0 saturated heterocycles. The van der Waals surface area contributed by atoms with Gasteiger partial charge in [-0.25, -0.2) is 14.1 Å². The highest BCUT2D eigenvalue weighted by Crippen LogP contribution is 2.18. The highest BCUT2D eigenvalue weighted by Gasteiger charge is 2.17. The maximum absolute atomic E-state index is 13.2. The van der Waals surface area contributed by atoms with Crippen LogP contribution in [0.1, 0.15) is 27.4 Å². The highest BCUT2D eigenvalue weighted by molar-refractivity contribution is 5.93. The average molecular weight is 389 g/mol. The molecule has 6 nitrogen and oxygen atoms in total. The molecule has 0 aliphatic carbocycles. The van der Waals surface area contributed by atoms with Crippen LogP contribution in [0, 0.1) is 19.7 Å². The summed E-state index contributed by atoms with van der Waals surface area (Å²) < 4.78 is 16.7. The molecule has 0 saturated carbocycles. The number of amides is 1. The molecule has 7 heteroatoms. The van der Waals surface area contributed by atoms with E-state index in [9.17, 15) is 9.18 Å². The van der Waals surface area contributed by atoms with Crippen LogP contribution >= 0.6 is 0 Å². The Kier molecular flexibility index (Phi) is 4.95. The van der Waals surface area contributed by atoms with Gasteiger partial charge in [-0.05, 0) is 50.2 Å². The van der Waals surface area contributed by atoms with Crippen molar-refractivity contribution < 1.29 is 9.18 Å². The van der Waals surface area contributed by atoms with Crippen molar-refractivity contribution >= 4 is 5.91 Å². The Morgan fingerprint density at radius 1 is 1.03 bits per heavy atom. The van der Waals surface area contributed by atoms with Gasteiger partial charge in [0.2, 0.25) is 0 Å². The lowest BCUT2D eigenvalue weighted by Crippen LogP contribution is -2.25. The quantitative estimate of drug-likeness (QED) is 0.565. The summed E-state index contributed by atoms with van der Waals surface area (Å²) in [5.74, 6) is -0.598. The number of carbonyl (C=O) groups excluding carboxylic acids is 1. The van der Waals surface area contributed by atoms with Gasteiger partial charge in [-0.2, -0.15) is 5.10 Å². The second-order valence-corrected chi connectivity index (χ2v) is 6.70. The summed E-state index contributed by atoms with van der Waals surface area (Å²) in [4.78, 5) is 16.8. The summed E-state index contributed by atoms with van der Waals surface area (Å²) in [6.07, 6.45) is 3.03. The summed E-state index contributed by atoms with van der Waals surface area (Å²) in [7, 11) is 0. The molecule has 0 fully saturated rings. The molecular formula is C22H20FN5O. The van der Waals surface area contributed by atoms with Gasteiger partial charge in [0.1, 0.15) is 11.5 Å². The number of hydrogen-bond acceptors (Lipinski definition) is 3. The molecule has 146 valence electrons. The number of halogens is 1. The third kappa shape index (κ3) is 3.67. The number of nitrogens with zero attached hydrogens (tertiary/aromatic N) is 4. The lowest BCUT2D eigenvalue weighted by Gasteiger charge is -2.10. The van der Waals surface area contributed by atoms with Crippen LogP contribution in [0.3, 0.4) is 0 Å². The second-order valence-electron chi connectivity index (χ2n) is 6.70. The summed E-state index contributed by atoms with van der Waals surface area (Å²) in [5, 5.41) is 7.55. The summed E-state index contributed by atoms with van der Waals surface area (Å²) in [6.45, 7) is 4.26. The Balaban J connectivity index is 1.54. The van der Waals surface area contributed by atoms with Crippen molar-refractivity contribution in [1.82, 2.24) is 24.6 Å². The average Bonchev–Trinajstić information content (AvgIpc) is 3.33. The van der Waals surface area contributed by atoms with Crippen molar-refractivity contribution in [2.24, 2.45) is 0 Å². The first-order chi connectivity index (χ1) is 14.0. The van der Waals surface area contributed by atoms with Gasteiger partial charge in [-0.1, -0.05) is 18.2 Å². The van der Waals surface area contributed by atoms with Gasteiger partial charge in [-0.15, -0.1) is 0 Å². The molecule has 2 heterocycles. The molecule has 29 heavy (non-hydrogen) atoms. The molecule has 0 spiro atoms. The molecule has 1 N–H and O–H groups in total. The summed E-state index contributed by atoms with van der Waals surface area (Å²) >= 11 is 0. The Morgan fingerprint density at radius 3 is 2.48 bits per heavy atom. The van der Waals surface area contributed by atoms with Crippen LogP contribution < -0.4 is 5.32 Å². The largest absolute Gasteiger partial charge is 0.346 e. The maximum Gasteiger partial charge on any atom is 0.270 e. The summed E-state index contributed by atoms with van der Waals surface area (Å²) in [5.41, 5.74) is 4.82. The molecule has 4 aromatic rings.